The van der Waals surface area contributed by atoms with Crippen LogP contribution in [0.5, 0.6) is 0 Å². The quantitative estimate of drug-likeness (QED) is 0.723. The molecule has 1 heterocycles. The molecule has 0 spiro atoms. The number of carbonyl (C=O) groups excluding carboxylic acids is 2. The Morgan fingerprint density at radius 2 is 2.04 bits per heavy atom. The fourth-order valence-electron chi connectivity index (χ4n) is 2.47. The Bertz CT molecular complexity index is 519. The first kappa shape index (κ1) is 17.4. The fourth-order valence-corrected chi connectivity index (χ4v) is 2.47. The summed E-state index contributed by atoms with van der Waals surface area (Å²) in [6.45, 7) is 4.62. The van der Waals surface area contributed by atoms with E-state index in [-0.39, 0.29) is 31.5 Å². The Hall–Kier alpha value is -1.92. The molecular formula is C17H23NO5. The zero-order chi connectivity index (χ0) is 16.7. The van der Waals surface area contributed by atoms with E-state index < -0.39 is 6.09 Å². The van der Waals surface area contributed by atoms with Gasteiger partial charge in [0.15, 0.2) is 6.29 Å². The third kappa shape index (κ3) is 5.04. The number of carbonyl (C=O) groups is 2. The third-order valence-electron chi connectivity index (χ3n) is 3.65. The molecule has 1 aliphatic rings. The smallest absolute Gasteiger partial charge is 0.417 e. The molecule has 2 amide bonds. The highest BCUT2D eigenvalue weighted by atomic mass is 16.7. The first-order valence-electron chi connectivity index (χ1n) is 7.87. The van der Waals surface area contributed by atoms with Gasteiger partial charge in [0, 0.05) is 13.0 Å². The Labute approximate surface area is 136 Å². The second kappa shape index (κ2) is 8.64. The van der Waals surface area contributed by atoms with Gasteiger partial charge in [0.1, 0.15) is 6.61 Å². The summed E-state index contributed by atoms with van der Waals surface area (Å²) in [4.78, 5) is 25.3. The molecule has 0 aliphatic carbocycles. The van der Waals surface area contributed by atoms with Gasteiger partial charge in [-0.3, -0.25) is 4.79 Å². The zero-order valence-corrected chi connectivity index (χ0v) is 13.6. The van der Waals surface area contributed by atoms with Crippen LogP contribution in [0.4, 0.5) is 4.79 Å². The summed E-state index contributed by atoms with van der Waals surface area (Å²) in [5.74, 6) is -0.222. The molecule has 2 rings (SSSR count). The van der Waals surface area contributed by atoms with Gasteiger partial charge >= 0.3 is 6.09 Å². The molecule has 6 heteroatoms. The summed E-state index contributed by atoms with van der Waals surface area (Å²) in [5, 5.41) is 0. The number of amides is 2. The number of imide groups is 1. The van der Waals surface area contributed by atoms with Crippen molar-refractivity contribution >= 4 is 12.0 Å². The lowest BCUT2D eigenvalue weighted by Gasteiger charge is -2.23. The predicted molar refractivity (Wildman–Crippen MR) is 83.5 cm³/mol. The van der Waals surface area contributed by atoms with E-state index in [0.717, 1.165) is 5.56 Å². The summed E-state index contributed by atoms with van der Waals surface area (Å²) in [7, 11) is 0. The fraction of sp³-hybridized carbons (Fsp3) is 0.529. The van der Waals surface area contributed by atoms with Gasteiger partial charge in [-0.15, -0.1) is 0 Å². The lowest BCUT2D eigenvalue weighted by molar-refractivity contribution is -0.141. The van der Waals surface area contributed by atoms with Gasteiger partial charge in [-0.1, -0.05) is 30.3 Å². The molecule has 0 saturated carbocycles. The Balaban J connectivity index is 1.86. The van der Waals surface area contributed by atoms with Crippen molar-refractivity contribution in [3.63, 3.8) is 0 Å². The Kier molecular flexibility index (Phi) is 6.55. The number of rotatable bonds is 7. The number of hydrogen-bond acceptors (Lipinski definition) is 5. The molecule has 1 aliphatic heterocycles. The number of hydrogen-bond donors (Lipinski definition) is 0. The lowest BCUT2D eigenvalue weighted by atomic mass is 10.2. The number of benzene rings is 1. The second-order valence-corrected chi connectivity index (χ2v) is 5.35. The summed E-state index contributed by atoms with van der Waals surface area (Å²) in [6, 6.07) is 9.06. The topological polar surface area (TPSA) is 65.1 Å². The summed E-state index contributed by atoms with van der Waals surface area (Å²) < 4.78 is 16.1. The summed E-state index contributed by atoms with van der Waals surface area (Å²) >= 11 is 0. The van der Waals surface area contributed by atoms with Gasteiger partial charge in [-0.25, -0.2) is 9.69 Å². The van der Waals surface area contributed by atoms with Crippen molar-refractivity contribution in [3.8, 4) is 0 Å². The molecule has 0 radical (unpaired) electrons. The summed E-state index contributed by atoms with van der Waals surface area (Å²) in [5.41, 5.74) is 0.880. The lowest BCUT2D eigenvalue weighted by Crippen LogP contribution is -2.42. The van der Waals surface area contributed by atoms with E-state index in [1.807, 2.05) is 37.3 Å². The molecule has 1 aromatic carbocycles. The van der Waals surface area contributed by atoms with E-state index in [1.165, 1.54) is 4.90 Å². The van der Waals surface area contributed by atoms with Gasteiger partial charge in [0.2, 0.25) is 5.91 Å². The van der Waals surface area contributed by atoms with E-state index >= 15 is 0 Å². The van der Waals surface area contributed by atoms with Crippen LogP contribution in [0.25, 0.3) is 0 Å². The molecule has 0 bridgehead atoms. The van der Waals surface area contributed by atoms with Crippen molar-refractivity contribution in [3.05, 3.63) is 35.9 Å². The van der Waals surface area contributed by atoms with E-state index in [0.29, 0.717) is 19.4 Å². The van der Waals surface area contributed by atoms with E-state index in [1.54, 1.807) is 6.92 Å². The van der Waals surface area contributed by atoms with Crippen molar-refractivity contribution in [2.75, 3.05) is 13.2 Å². The molecule has 0 aromatic heterocycles. The van der Waals surface area contributed by atoms with Gasteiger partial charge in [-0.05, 0) is 25.8 Å². The molecule has 2 atom stereocenters. The van der Waals surface area contributed by atoms with Crippen LogP contribution in [0.15, 0.2) is 30.3 Å². The highest BCUT2D eigenvalue weighted by Gasteiger charge is 2.37. The summed E-state index contributed by atoms with van der Waals surface area (Å²) in [6.07, 6.45) is -0.0674. The minimum Gasteiger partial charge on any atom is -0.444 e. The first-order valence-corrected chi connectivity index (χ1v) is 7.87. The van der Waals surface area contributed by atoms with Crippen LogP contribution in [0.1, 0.15) is 32.3 Å². The third-order valence-corrected chi connectivity index (χ3v) is 3.65. The van der Waals surface area contributed by atoms with Gasteiger partial charge in [0.05, 0.1) is 12.6 Å². The van der Waals surface area contributed by atoms with Crippen LogP contribution in [-0.4, -0.2) is 42.4 Å². The van der Waals surface area contributed by atoms with E-state index in [9.17, 15) is 9.59 Å². The molecule has 1 aromatic rings. The average Bonchev–Trinajstić information content (AvgIpc) is 2.93. The minimum absolute atomic E-state index is 0.145. The Morgan fingerprint density at radius 3 is 2.74 bits per heavy atom. The van der Waals surface area contributed by atoms with Crippen molar-refractivity contribution in [1.82, 2.24) is 4.90 Å². The number of nitrogens with zero attached hydrogens (tertiary/aromatic N) is 1. The van der Waals surface area contributed by atoms with E-state index in [4.69, 9.17) is 14.2 Å². The van der Waals surface area contributed by atoms with Crippen LogP contribution >= 0.6 is 0 Å². The minimum atomic E-state index is -0.617. The molecule has 0 N–H and O–H groups in total. The molecule has 23 heavy (non-hydrogen) atoms. The molecule has 126 valence electrons. The van der Waals surface area contributed by atoms with Crippen LogP contribution < -0.4 is 0 Å². The second-order valence-electron chi connectivity index (χ2n) is 5.35. The molecule has 6 nitrogen and oxygen atoms in total. The van der Waals surface area contributed by atoms with Crippen molar-refractivity contribution < 1.29 is 23.8 Å². The SMILES string of the molecule is CCOC(C)OC[C@@H]1CCC(=O)N1C(=O)OCc1ccccc1. The molecule has 1 saturated heterocycles. The normalized spacial score (nSPS) is 19.0. The number of ether oxygens (including phenoxy) is 3. The maximum Gasteiger partial charge on any atom is 0.417 e. The monoisotopic (exact) mass is 321 g/mol. The van der Waals surface area contributed by atoms with Gasteiger partial charge in [-0.2, -0.15) is 0 Å². The van der Waals surface area contributed by atoms with Crippen molar-refractivity contribution in [1.29, 1.82) is 0 Å². The van der Waals surface area contributed by atoms with Crippen LogP contribution in [0.2, 0.25) is 0 Å². The van der Waals surface area contributed by atoms with Crippen LogP contribution in [0, 0.1) is 0 Å². The average molecular weight is 321 g/mol. The van der Waals surface area contributed by atoms with Crippen molar-refractivity contribution in [2.24, 2.45) is 0 Å². The predicted octanol–water partition coefficient (Wildman–Crippen LogP) is 2.71. The van der Waals surface area contributed by atoms with Crippen LogP contribution in [0.3, 0.4) is 0 Å². The molecular weight excluding hydrogens is 298 g/mol. The molecule has 1 fully saturated rings. The Morgan fingerprint density at radius 1 is 1.30 bits per heavy atom. The maximum absolute atomic E-state index is 12.2. The van der Waals surface area contributed by atoms with Crippen LogP contribution in [-0.2, 0) is 25.6 Å². The van der Waals surface area contributed by atoms with Crippen molar-refractivity contribution in [2.45, 2.75) is 45.6 Å². The number of likely N-dealkylation sites (tertiary alicyclic amines) is 1. The molecule has 1 unspecified atom stereocenters. The first-order chi connectivity index (χ1) is 11.1. The highest BCUT2D eigenvalue weighted by Crippen LogP contribution is 2.21. The van der Waals surface area contributed by atoms with E-state index in [2.05, 4.69) is 0 Å². The van der Waals surface area contributed by atoms with Gasteiger partial charge in [0.25, 0.3) is 0 Å². The maximum atomic E-state index is 12.2. The highest BCUT2D eigenvalue weighted by molar-refractivity contribution is 5.94. The largest absolute Gasteiger partial charge is 0.444 e. The standard InChI is InChI=1S/C17H23NO5/c1-3-21-13(2)22-12-15-9-10-16(19)18(15)17(20)23-11-14-7-5-4-6-8-14/h4-8,13,15H,3,9-12H2,1-2H3/t13?,15-/m0/s1. The van der Waals surface area contributed by atoms with Gasteiger partial charge < -0.3 is 14.2 Å². The zero-order valence-electron chi connectivity index (χ0n) is 13.6.